The van der Waals surface area contributed by atoms with Gasteiger partial charge in [0.2, 0.25) is 0 Å². The zero-order valence-corrected chi connectivity index (χ0v) is 12.3. The molecule has 3 nitrogen and oxygen atoms in total. The number of pyridine rings is 1. The molecular formula is C12H16BrClN2O. The number of nitrogens with zero attached hydrogens (tertiary/aromatic N) is 2. The van der Waals surface area contributed by atoms with Gasteiger partial charge in [-0.2, -0.15) is 0 Å². The molecule has 17 heavy (non-hydrogen) atoms. The van der Waals surface area contributed by atoms with Gasteiger partial charge in [-0.3, -0.25) is 0 Å². The Morgan fingerprint density at radius 1 is 1.65 bits per heavy atom. The van der Waals surface area contributed by atoms with E-state index < -0.39 is 0 Å². The highest BCUT2D eigenvalue weighted by Gasteiger charge is 2.26. The monoisotopic (exact) mass is 318 g/mol. The van der Waals surface area contributed by atoms with E-state index in [1.165, 1.54) is 5.56 Å². The highest BCUT2D eigenvalue weighted by atomic mass is 79.9. The molecule has 0 N–H and O–H groups in total. The molecule has 94 valence electrons. The van der Waals surface area contributed by atoms with Crippen LogP contribution in [0.4, 0.5) is 5.82 Å². The maximum atomic E-state index is 5.86. The van der Waals surface area contributed by atoms with Crippen LogP contribution in [0.3, 0.4) is 0 Å². The number of morpholine rings is 1. The highest BCUT2D eigenvalue weighted by molar-refractivity contribution is 9.10. The summed E-state index contributed by atoms with van der Waals surface area (Å²) in [6.45, 7) is 5.72. The number of anilines is 1. The van der Waals surface area contributed by atoms with Crippen molar-refractivity contribution in [2.75, 3.05) is 23.9 Å². The summed E-state index contributed by atoms with van der Waals surface area (Å²) in [5.74, 6) is 1.52. The van der Waals surface area contributed by atoms with E-state index in [4.69, 9.17) is 16.3 Å². The van der Waals surface area contributed by atoms with Crippen molar-refractivity contribution in [2.24, 2.45) is 0 Å². The van der Waals surface area contributed by atoms with Crippen molar-refractivity contribution in [3.8, 4) is 0 Å². The Labute approximate surface area is 115 Å². The third kappa shape index (κ3) is 2.92. The van der Waals surface area contributed by atoms with Crippen LogP contribution < -0.4 is 4.90 Å². The Bertz CT molecular complexity index is 402. The fraction of sp³-hybridized carbons (Fsp3) is 0.583. The topological polar surface area (TPSA) is 25.4 Å². The lowest BCUT2D eigenvalue weighted by Gasteiger charge is -2.38. The second kappa shape index (κ2) is 5.55. The second-order valence-electron chi connectivity index (χ2n) is 4.40. The van der Waals surface area contributed by atoms with Crippen molar-refractivity contribution >= 4 is 33.3 Å². The van der Waals surface area contributed by atoms with Gasteiger partial charge in [-0.25, -0.2) is 4.98 Å². The van der Waals surface area contributed by atoms with Crippen LogP contribution in [0.25, 0.3) is 0 Å². The summed E-state index contributed by atoms with van der Waals surface area (Å²) in [6.07, 6.45) is 1.95. The van der Waals surface area contributed by atoms with E-state index in [-0.39, 0.29) is 6.10 Å². The van der Waals surface area contributed by atoms with Gasteiger partial charge >= 0.3 is 0 Å². The molecule has 1 aliphatic heterocycles. The van der Waals surface area contributed by atoms with Gasteiger partial charge in [0.15, 0.2) is 0 Å². The Hall–Kier alpha value is -0.320. The molecule has 0 radical (unpaired) electrons. The van der Waals surface area contributed by atoms with E-state index in [1.807, 2.05) is 6.20 Å². The molecule has 0 bridgehead atoms. The van der Waals surface area contributed by atoms with Crippen LogP contribution in [-0.4, -0.2) is 36.2 Å². The number of aromatic nitrogens is 1. The van der Waals surface area contributed by atoms with Crippen molar-refractivity contribution in [2.45, 2.75) is 26.0 Å². The minimum Gasteiger partial charge on any atom is -0.373 e. The lowest BCUT2D eigenvalue weighted by Crippen LogP contribution is -2.49. The van der Waals surface area contributed by atoms with Crippen molar-refractivity contribution in [1.29, 1.82) is 0 Å². The molecule has 0 spiro atoms. The third-order valence-corrected chi connectivity index (χ3v) is 4.18. The summed E-state index contributed by atoms with van der Waals surface area (Å²) in [4.78, 5) is 6.72. The Balaban J connectivity index is 2.21. The predicted molar refractivity (Wildman–Crippen MR) is 73.9 cm³/mol. The first-order valence-electron chi connectivity index (χ1n) is 5.68. The van der Waals surface area contributed by atoms with Gasteiger partial charge in [-0.15, -0.1) is 11.6 Å². The summed E-state index contributed by atoms with van der Waals surface area (Å²) in [5, 5.41) is 0. The van der Waals surface area contributed by atoms with Gasteiger partial charge in [0.25, 0.3) is 0 Å². The van der Waals surface area contributed by atoms with E-state index in [9.17, 15) is 0 Å². The van der Waals surface area contributed by atoms with Gasteiger partial charge in [0.05, 0.1) is 24.6 Å². The van der Waals surface area contributed by atoms with Gasteiger partial charge < -0.3 is 9.64 Å². The summed E-state index contributed by atoms with van der Waals surface area (Å²) < 4.78 is 6.67. The predicted octanol–water partition coefficient (Wildman–Crippen LogP) is 2.99. The summed E-state index contributed by atoms with van der Waals surface area (Å²) in [5.41, 5.74) is 1.19. The van der Waals surface area contributed by atoms with Gasteiger partial charge in [-0.05, 0) is 41.4 Å². The van der Waals surface area contributed by atoms with E-state index in [0.717, 1.165) is 16.8 Å². The molecule has 0 aromatic carbocycles. The van der Waals surface area contributed by atoms with Crippen LogP contribution in [0.2, 0.25) is 0 Å². The standard InChI is InChI=1S/C12H16BrClN2O/c1-8-3-12(15-5-11(8)13)16-6-10(4-14)17-7-9(16)2/h3,5,9-10H,4,6-7H2,1-2H3. The normalized spacial score (nSPS) is 25.1. The zero-order chi connectivity index (χ0) is 12.4. The van der Waals surface area contributed by atoms with Crippen LogP contribution in [0, 0.1) is 6.92 Å². The minimum absolute atomic E-state index is 0.0959. The van der Waals surface area contributed by atoms with E-state index in [1.54, 1.807) is 0 Å². The maximum absolute atomic E-state index is 5.86. The quantitative estimate of drug-likeness (QED) is 0.784. The third-order valence-electron chi connectivity index (χ3n) is 3.00. The van der Waals surface area contributed by atoms with Gasteiger partial charge in [0, 0.05) is 17.2 Å². The van der Waals surface area contributed by atoms with Crippen LogP contribution in [0.15, 0.2) is 16.7 Å². The minimum atomic E-state index is 0.0959. The van der Waals surface area contributed by atoms with E-state index in [2.05, 4.69) is 45.7 Å². The van der Waals surface area contributed by atoms with E-state index >= 15 is 0 Å². The first-order chi connectivity index (χ1) is 8.11. The fourth-order valence-corrected chi connectivity index (χ4v) is 2.32. The van der Waals surface area contributed by atoms with E-state index in [0.29, 0.717) is 18.5 Å². The summed E-state index contributed by atoms with van der Waals surface area (Å²) in [7, 11) is 0. The molecule has 1 aromatic rings. The zero-order valence-electron chi connectivity index (χ0n) is 9.99. The van der Waals surface area contributed by atoms with Crippen LogP contribution >= 0.6 is 27.5 Å². The summed E-state index contributed by atoms with van der Waals surface area (Å²) >= 11 is 9.32. The number of aryl methyl sites for hydroxylation is 1. The molecular weight excluding hydrogens is 304 g/mol. The first-order valence-corrected chi connectivity index (χ1v) is 7.01. The molecule has 1 aliphatic rings. The lowest BCUT2D eigenvalue weighted by atomic mass is 10.2. The molecule has 2 heterocycles. The number of alkyl halides is 1. The largest absolute Gasteiger partial charge is 0.373 e. The first kappa shape index (κ1) is 13.1. The van der Waals surface area contributed by atoms with Crippen LogP contribution in [0.5, 0.6) is 0 Å². The summed E-state index contributed by atoms with van der Waals surface area (Å²) in [6, 6.07) is 2.43. The fourth-order valence-electron chi connectivity index (χ4n) is 1.91. The Morgan fingerprint density at radius 3 is 3.06 bits per heavy atom. The van der Waals surface area contributed by atoms with Crippen molar-refractivity contribution < 1.29 is 4.74 Å². The van der Waals surface area contributed by atoms with Crippen LogP contribution in [0.1, 0.15) is 12.5 Å². The van der Waals surface area contributed by atoms with Crippen molar-refractivity contribution in [3.63, 3.8) is 0 Å². The average molecular weight is 320 g/mol. The number of hydrogen-bond donors (Lipinski definition) is 0. The molecule has 1 aromatic heterocycles. The molecule has 0 amide bonds. The lowest BCUT2D eigenvalue weighted by molar-refractivity contribution is 0.0361. The SMILES string of the molecule is Cc1cc(N2CC(CCl)OCC2C)ncc1Br. The van der Waals surface area contributed by atoms with Gasteiger partial charge in [-0.1, -0.05) is 0 Å². The molecule has 5 heteroatoms. The average Bonchev–Trinajstić information content (AvgIpc) is 2.33. The van der Waals surface area contributed by atoms with Crippen molar-refractivity contribution in [3.05, 3.63) is 22.3 Å². The van der Waals surface area contributed by atoms with Gasteiger partial charge in [0.1, 0.15) is 5.82 Å². The smallest absolute Gasteiger partial charge is 0.129 e. The molecule has 2 unspecified atom stereocenters. The molecule has 0 saturated carbocycles. The maximum Gasteiger partial charge on any atom is 0.129 e. The number of hydrogen-bond acceptors (Lipinski definition) is 3. The second-order valence-corrected chi connectivity index (χ2v) is 5.57. The Kier molecular flexibility index (Phi) is 4.28. The number of halogens is 2. The molecule has 2 atom stereocenters. The number of rotatable bonds is 2. The molecule has 1 fully saturated rings. The molecule has 0 aliphatic carbocycles. The van der Waals surface area contributed by atoms with Crippen LogP contribution in [-0.2, 0) is 4.74 Å². The van der Waals surface area contributed by atoms with Crippen molar-refractivity contribution in [1.82, 2.24) is 4.98 Å². The molecule has 2 rings (SSSR count). The highest BCUT2D eigenvalue weighted by Crippen LogP contribution is 2.24. The molecule has 1 saturated heterocycles. The Morgan fingerprint density at radius 2 is 2.41 bits per heavy atom. The number of ether oxygens (including phenoxy) is 1.